The molecular formula is C19H12N2O4S. The molecule has 3 aromatic rings. The SMILES string of the molecule is O=C1C/C(=C\c2ccc([N+](=O)[O-])s2)C(=O)N1c1cccc2ccccc12. The monoisotopic (exact) mass is 364 g/mol. The molecule has 4 rings (SSSR count). The summed E-state index contributed by atoms with van der Waals surface area (Å²) in [4.78, 5) is 37.4. The van der Waals surface area contributed by atoms with Gasteiger partial charge in [0.15, 0.2) is 0 Å². The lowest BCUT2D eigenvalue weighted by molar-refractivity contribution is -0.380. The van der Waals surface area contributed by atoms with Crippen LogP contribution in [0.3, 0.4) is 0 Å². The van der Waals surface area contributed by atoms with Gasteiger partial charge in [-0.1, -0.05) is 47.7 Å². The van der Waals surface area contributed by atoms with Crippen molar-refractivity contribution < 1.29 is 14.5 Å². The van der Waals surface area contributed by atoms with Crippen molar-refractivity contribution in [2.75, 3.05) is 4.90 Å². The first-order valence-corrected chi connectivity index (χ1v) is 8.66. The second-order valence-corrected chi connectivity index (χ2v) is 6.91. The molecule has 0 bridgehead atoms. The zero-order chi connectivity index (χ0) is 18.3. The molecule has 0 saturated carbocycles. The van der Waals surface area contributed by atoms with Crippen LogP contribution in [0.4, 0.5) is 10.7 Å². The highest BCUT2D eigenvalue weighted by atomic mass is 32.1. The Bertz CT molecular complexity index is 1090. The number of thiophene rings is 1. The molecule has 2 aromatic carbocycles. The number of imide groups is 1. The fourth-order valence-corrected chi connectivity index (χ4v) is 3.81. The van der Waals surface area contributed by atoms with Crippen LogP contribution in [0.15, 0.2) is 60.2 Å². The Labute approximate surface area is 152 Å². The predicted octanol–water partition coefficient (Wildman–Crippen LogP) is 4.16. The lowest BCUT2D eigenvalue weighted by atomic mass is 10.1. The average Bonchev–Trinajstić information content (AvgIpc) is 3.20. The Morgan fingerprint density at radius 2 is 1.81 bits per heavy atom. The molecule has 0 N–H and O–H groups in total. The number of nitro groups is 1. The Balaban J connectivity index is 1.73. The first kappa shape index (κ1) is 16.2. The van der Waals surface area contributed by atoms with Crippen LogP contribution in [0.1, 0.15) is 11.3 Å². The van der Waals surface area contributed by atoms with Crippen molar-refractivity contribution in [1.29, 1.82) is 0 Å². The van der Waals surface area contributed by atoms with Crippen LogP contribution in [0, 0.1) is 10.1 Å². The van der Waals surface area contributed by atoms with E-state index in [1.807, 2.05) is 36.4 Å². The van der Waals surface area contributed by atoms with Gasteiger partial charge in [-0.25, -0.2) is 4.90 Å². The van der Waals surface area contributed by atoms with Crippen molar-refractivity contribution in [3.63, 3.8) is 0 Å². The van der Waals surface area contributed by atoms with E-state index < -0.39 is 4.92 Å². The summed E-state index contributed by atoms with van der Waals surface area (Å²) >= 11 is 0.973. The molecule has 6 nitrogen and oxygen atoms in total. The van der Waals surface area contributed by atoms with Crippen molar-refractivity contribution in [1.82, 2.24) is 0 Å². The molecule has 0 spiro atoms. The summed E-state index contributed by atoms with van der Waals surface area (Å²) < 4.78 is 0. The molecule has 2 amide bonds. The van der Waals surface area contributed by atoms with E-state index in [1.54, 1.807) is 18.2 Å². The van der Waals surface area contributed by atoms with Crippen LogP contribution in [-0.2, 0) is 9.59 Å². The highest BCUT2D eigenvalue weighted by molar-refractivity contribution is 7.16. The first-order chi connectivity index (χ1) is 12.5. The predicted molar refractivity (Wildman–Crippen MR) is 100 cm³/mol. The number of hydrogen-bond donors (Lipinski definition) is 0. The van der Waals surface area contributed by atoms with E-state index in [0.717, 1.165) is 22.1 Å². The third-order valence-electron chi connectivity index (χ3n) is 4.19. The average molecular weight is 364 g/mol. The molecule has 0 radical (unpaired) electrons. The van der Waals surface area contributed by atoms with E-state index >= 15 is 0 Å². The fraction of sp³-hybridized carbons (Fsp3) is 0.0526. The molecule has 0 aliphatic carbocycles. The zero-order valence-electron chi connectivity index (χ0n) is 13.4. The van der Waals surface area contributed by atoms with Crippen LogP contribution < -0.4 is 4.90 Å². The Kier molecular flexibility index (Phi) is 3.85. The molecular weight excluding hydrogens is 352 g/mol. The maximum absolute atomic E-state index is 12.8. The van der Waals surface area contributed by atoms with E-state index in [0.29, 0.717) is 16.1 Å². The highest BCUT2D eigenvalue weighted by Crippen LogP contribution is 2.34. The van der Waals surface area contributed by atoms with E-state index in [2.05, 4.69) is 0 Å². The van der Waals surface area contributed by atoms with Crippen LogP contribution in [0.25, 0.3) is 16.8 Å². The molecule has 26 heavy (non-hydrogen) atoms. The number of rotatable bonds is 3. The lowest BCUT2D eigenvalue weighted by Gasteiger charge is -2.16. The maximum atomic E-state index is 12.8. The summed E-state index contributed by atoms with van der Waals surface area (Å²) in [6.45, 7) is 0. The number of fused-ring (bicyclic) bond motifs is 1. The van der Waals surface area contributed by atoms with Crippen molar-refractivity contribution >= 4 is 50.7 Å². The standard InChI is InChI=1S/C19H12N2O4S/c22-17-11-13(10-14-8-9-18(26-14)21(24)25)19(23)20(17)16-7-3-5-12-4-1-2-6-15(12)16/h1-10H,11H2/b13-10+. The fourth-order valence-electron chi connectivity index (χ4n) is 3.02. The number of carbonyl (C=O) groups is 2. The van der Waals surface area contributed by atoms with Crippen LogP contribution in [-0.4, -0.2) is 16.7 Å². The molecule has 2 heterocycles. The highest BCUT2D eigenvalue weighted by Gasteiger charge is 2.35. The number of carbonyl (C=O) groups excluding carboxylic acids is 2. The molecule has 0 atom stereocenters. The number of amides is 2. The second kappa shape index (κ2) is 6.20. The zero-order valence-corrected chi connectivity index (χ0v) is 14.2. The van der Waals surface area contributed by atoms with Gasteiger partial charge in [-0.05, 0) is 23.6 Å². The first-order valence-electron chi connectivity index (χ1n) is 7.84. The molecule has 1 aromatic heterocycles. The molecule has 1 saturated heterocycles. The third-order valence-corrected chi connectivity index (χ3v) is 5.17. The lowest BCUT2D eigenvalue weighted by Crippen LogP contribution is -2.29. The number of anilines is 1. The summed E-state index contributed by atoms with van der Waals surface area (Å²) in [6.07, 6.45) is 1.54. The Hall–Kier alpha value is -3.32. The minimum absolute atomic E-state index is 0.000433. The van der Waals surface area contributed by atoms with Gasteiger partial charge in [0.1, 0.15) is 0 Å². The van der Waals surface area contributed by atoms with Gasteiger partial charge in [-0.2, -0.15) is 0 Å². The molecule has 1 aliphatic heterocycles. The largest absolute Gasteiger partial charge is 0.324 e. The maximum Gasteiger partial charge on any atom is 0.324 e. The van der Waals surface area contributed by atoms with Gasteiger partial charge in [0.2, 0.25) is 5.91 Å². The van der Waals surface area contributed by atoms with Gasteiger partial charge in [-0.15, -0.1) is 0 Å². The summed E-state index contributed by atoms with van der Waals surface area (Å²) in [6, 6.07) is 16.0. The smallest absolute Gasteiger partial charge is 0.274 e. The molecule has 1 fully saturated rings. The number of benzene rings is 2. The van der Waals surface area contributed by atoms with Crippen LogP contribution >= 0.6 is 11.3 Å². The minimum atomic E-state index is -0.475. The van der Waals surface area contributed by atoms with Crippen molar-refractivity contribution in [2.24, 2.45) is 0 Å². The normalized spacial score (nSPS) is 16.0. The van der Waals surface area contributed by atoms with E-state index in [-0.39, 0.29) is 23.2 Å². The topological polar surface area (TPSA) is 80.5 Å². The van der Waals surface area contributed by atoms with E-state index in [9.17, 15) is 19.7 Å². The summed E-state index contributed by atoms with van der Waals surface area (Å²) in [7, 11) is 0. The van der Waals surface area contributed by atoms with Crippen LogP contribution in [0.5, 0.6) is 0 Å². The molecule has 1 aliphatic rings. The van der Waals surface area contributed by atoms with Crippen molar-refractivity contribution in [3.8, 4) is 0 Å². The number of hydrogen-bond acceptors (Lipinski definition) is 5. The summed E-state index contributed by atoms with van der Waals surface area (Å²) in [5.74, 6) is -0.689. The van der Waals surface area contributed by atoms with Gasteiger partial charge in [0.25, 0.3) is 5.91 Å². The van der Waals surface area contributed by atoms with Gasteiger partial charge >= 0.3 is 5.00 Å². The van der Waals surface area contributed by atoms with Crippen molar-refractivity contribution in [2.45, 2.75) is 6.42 Å². The third kappa shape index (κ3) is 2.68. The Morgan fingerprint density at radius 3 is 2.58 bits per heavy atom. The Morgan fingerprint density at radius 1 is 1.04 bits per heavy atom. The van der Waals surface area contributed by atoms with Gasteiger partial charge in [0, 0.05) is 21.9 Å². The molecule has 128 valence electrons. The summed E-state index contributed by atoms with van der Waals surface area (Å²) in [5, 5.41) is 12.6. The van der Waals surface area contributed by atoms with Crippen molar-refractivity contribution in [3.05, 3.63) is 75.2 Å². The second-order valence-electron chi connectivity index (χ2n) is 5.81. The van der Waals surface area contributed by atoms with Crippen LogP contribution in [0.2, 0.25) is 0 Å². The minimum Gasteiger partial charge on any atom is -0.274 e. The molecule has 7 heteroatoms. The van der Waals surface area contributed by atoms with Gasteiger partial charge < -0.3 is 0 Å². The van der Waals surface area contributed by atoms with E-state index in [1.165, 1.54) is 11.0 Å². The van der Waals surface area contributed by atoms with E-state index in [4.69, 9.17) is 0 Å². The number of nitrogens with zero attached hydrogens (tertiary/aromatic N) is 2. The molecule has 0 unspecified atom stereocenters. The quantitative estimate of drug-likeness (QED) is 0.302. The van der Waals surface area contributed by atoms with Gasteiger partial charge in [0.05, 0.1) is 17.0 Å². The van der Waals surface area contributed by atoms with Gasteiger partial charge in [-0.3, -0.25) is 19.7 Å². The summed E-state index contributed by atoms with van der Waals surface area (Å²) in [5.41, 5.74) is 0.887.